The molecule has 0 unspecified atom stereocenters. The Bertz CT molecular complexity index is 1430. The third kappa shape index (κ3) is 11.6. The van der Waals surface area contributed by atoms with E-state index < -0.39 is 11.9 Å². The average Bonchev–Trinajstić information content (AvgIpc) is 3.60. The molecule has 0 aliphatic heterocycles. The number of ether oxygens (including phenoxy) is 2. The monoisotopic (exact) mass is 542 g/mol. The minimum absolute atomic E-state index is 0.112. The largest absolute Gasteiger partial charge is 0.460 e. The summed E-state index contributed by atoms with van der Waals surface area (Å²) in [5, 5.41) is 10.9. The molecular formula is C30H34N6O4. The first kappa shape index (κ1) is 31.2. The lowest BCUT2D eigenvalue weighted by molar-refractivity contribution is -0.141. The van der Waals surface area contributed by atoms with Gasteiger partial charge in [-0.15, -0.1) is 11.5 Å². The Balaban J connectivity index is 0.000000237. The van der Waals surface area contributed by atoms with Crippen LogP contribution in [-0.2, 0) is 19.1 Å². The van der Waals surface area contributed by atoms with Gasteiger partial charge >= 0.3 is 11.9 Å². The van der Waals surface area contributed by atoms with Crippen molar-refractivity contribution in [1.29, 1.82) is 0 Å². The molecule has 2 aromatic carbocycles. The van der Waals surface area contributed by atoms with Crippen molar-refractivity contribution in [1.82, 2.24) is 29.9 Å². The molecule has 0 fully saturated rings. The van der Waals surface area contributed by atoms with Gasteiger partial charge in [0.2, 0.25) is 0 Å². The summed E-state index contributed by atoms with van der Waals surface area (Å²) < 4.78 is 11.0. The van der Waals surface area contributed by atoms with Crippen molar-refractivity contribution in [3.05, 3.63) is 78.4 Å². The summed E-state index contributed by atoms with van der Waals surface area (Å²) in [5.74, 6) is 2.28. The van der Waals surface area contributed by atoms with Gasteiger partial charge in [-0.3, -0.25) is 5.10 Å². The molecule has 0 saturated carbocycles. The van der Waals surface area contributed by atoms with E-state index in [0.29, 0.717) is 5.82 Å². The Hall–Kier alpha value is -5.04. The summed E-state index contributed by atoms with van der Waals surface area (Å²) in [6.45, 7) is 11.2. The summed E-state index contributed by atoms with van der Waals surface area (Å²) in [6, 6.07) is 16.1. The van der Waals surface area contributed by atoms with Crippen LogP contribution in [-0.4, -0.2) is 54.1 Å². The van der Waals surface area contributed by atoms with Crippen molar-refractivity contribution in [3.8, 4) is 35.1 Å². The zero-order valence-corrected chi connectivity index (χ0v) is 23.5. The van der Waals surface area contributed by atoms with E-state index in [-0.39, 0.29) is 12.2 Å². The maximum atomic E-state index is 11.4. The van der Waals surface area contributed by atoms with E-state index in [2.05, 4.69) is 49.1 Å². The Labute approximate surface area is 234 Å². The van der Waals surface area contributed by atoms with Gasteiger partial charge in [0.1, 0.15) is 12.7 Å². The fraction of sp³-hybridized carbons (Fsp3) is 0.267. The zero-order valence-electron chi connectivity index (χ0n) is 23.5. The van der Waals surface area contributed by atoms with Crippen LogP contribution in [0.2, 0.25) is 0 Å². The highest BCUT2D eigenvalue weighted by Crippen LogP contribution is 2.16. The number of hydrogen-bond acceptors (Lipinski definition) is 8. The van der Waals surface area contributed by atoms with Crippen molar-refractivity contribution < 1.29 is 19.1 Å². The number of carbonyl (C=O) groups excluding carboxylic acids is 2. The molecule has 0 radical (unpaired) electrons. The van der Waals surface area contributed by atoms with E-state index >= 15 is 0 Å². The average molecular weight is 543 g/mol. The maximum Gasteiger partial charge on any atom is 0.384 e. The summed E-state index contributed by atoms with van der Waals surface area (Å²) in [6.07, 6.45) is 10.4. The fourth-order valence-electron chi connectivity index (χ4n) is 3.06. The number of aryl methyl sites for hydroxylation is 2. The van der Waals surface area contributed by atoms with E-state index in [9.17, 15) is 9.59 Å². The standard InChI is InChI=1S/C15H17N3O2.C9H9N3.C6H8O2/c1-11(2)20-14(19)7-8-18-10-16-15(17-18)13-6-4-5-12(3)9-13;1-7-3-2-4-8(5-7)9-10-6-11-12-9;1-4-6(7)8-5(2)3/h4-11H,1-3H3;2-6H,1H3,(H,10,11,12);1,5H,2-3H3/b8-7-;;. The number of carbonyl (C=O) groups is 2. The molecule has 10 heteroatoms. The minimum atomic E-state index is -0.597. The third-order valence-electron chi connectivity index (χ3n) is 4.67. The van der Waals surface area contributed by atoms with Gasteiger partial charge in [0, 0.05) is 29.3 Å². The van der Waals surface area contributed by atoms with E-state index in [1.807, 2.05) is 49.2 Å². The van der Waals surface area contributed by atoms with Crippen molar-refractivity contribution in [2.45, 2.75) is 53.8 Å². The molecule has 0 amide bonds. The molecule has 0 aliphatic rings. The van der Waals surface area contributed by atoms with Gasteiger partial charge in [-0.2, -0.15) is 5.10 Å². The van der Waals surface area contributed by atoms with Crippen LogP contribution in [0.15, 0.2) is 67.3 Å². The Kier molecular flexibility index (Phi) is 12.5. The van der Waals surface area contributed by atoms with Gasteiger partial charge in [-0.1, -0.05) is 47.5 Å². The SMILES string of the molecule is C#CC(=O)OC(C)C.Cc1cccc(-c2ncn(/C=C\C(=O)OC(C)C)n2)c1.Cc1cccc(-c2ncn[nH]2)c1. The van der Waals surface area contributed by atoms with Gasteiger partial charge in [-0.05, 0) is 53.7 Å². The van der Waals surface area contributed by atoms with Crippen LogP contribution in [0.4, 0.5) is 0 Å². The summed E-state index contributed by atoms with van der Waals surface area (Å²) in [5.41, 5.74) is 4.40. The normalized spacial score (nSPS) is 10.3. The number of nitrogens with zero attached hydrogens (tertiary/aromatic N) is 5. The van der Waals surface area contributed by atoms with Crippen LogP contribution in [0.3, 0.4) is 0 Å². The maximum absolute atomic E-state index is 11.4. The van der Waals surface area contributed by atoms with Gasteiger partial charge in [0.25, 0.3) is 0 Å². The highest BCUT2D eigenvalue weighted by Gasteiger charge is 2.04. The fourth-order valence-corrected chi connectivity index (χ4v) is 3.06. The molecule has 0 bridgehead atoms. The molecule has 40 heavy (non-hydrogen) atoms. The zero-order chi connectivity index (χ0) is 29.5. The van der Waals surface area contributed by atoms with Crippen LogP contribution in [0.25, 0.3) is 29.0 Å². The number of esters is 2. The van der Waals surface area contributed by atoms with Gasteiger partial charge < -0.3 is 9.47 Å². The molecular weight excluding hydrogens is 508 g/mol. The molecule has 0 aliphatic carbocycles. The van der Waals surface area contributed by atoms with E-state index in [0.717, 1.165) is 22.5 Å². The Morgan fingerprint density at radius 3 is 2.10 bits per heavy atom. The number of nitrogens with one attached hydrogen (secondary N) is 1. The highest BCUT2D eigenvalue weighted by molar-refractivity contribution is 5.87. The van der Waals surface area contributed by atoms with Crippen molar-refractivity contribution in [3.63, 3.8) is 0 Å². The van der Waals surface area contributed by atoms with Crippen molar-refractivity contribution >= 4 is 18.1 Å². The third-order valence-corrected chi connectivity index (χ3v) is 4.67. The number of aromatic nitrogens is 6. The second-order valence-electron chi connectivity index (χ2n) is 9.02. The summed E-state index contributed by atoms with van der Waals surface area (Å²) in [7, 11) is 0. The number of terminal acetylenes is 1. The van der Waals surface area contributed by atoms with Gasteiger partial charge in [0.05, 0.1) is 12.2 Å². The first-order valence-electron chi connectivity index (χ1n) is 12.5. The summed E-state index contributed by atoms with van der Waals surface area (Å²) in [4.78, 5) is 29.8. The quantitative estimate of drug-likeness (QED) is 0.156. The van der Waals surface area contributed by atoms with Gasteiger partial charge in [0.15, 0.2) is 11.6 Å². The number of aromatic amines is 1. The van der Waals surface area contributed by atoms with Crippen LogP contribution < -0.4 is 0 Å². The molecule has 10 nitrogen and oxygen atoms in total. The van der Waals surface area contributed by atoms with E-state index in [4.69, 9.17) is 11.2 Å². The molecule has 0 atom stereocenters. The van der Waals surface area contributed by atoms with E-state index in [1.165, 1.54) is 28.8 Å². The number of benzene rings is 2. The van der Waals surface area contributed by atoms with Gasteiger partial charge in [-0.25, -0.2) is 24.2 Å². The van der Waals surface area contributed by atoms with Crippen molar-refractivity contribution in [2.24, 2.45) is 0 Å². The highest BCUT2D eigenvalue weighted by atomic mass is 16.5. The lowest BCUT2D eigenvalue weighted by atomic mass is 10.1. The Morgan fingerprint density at radius 1 is 0.950 bits per heavy atom. The van der Waals surface area contributed by atoms with Crippen molar-refractivity contribution in [2.75, 3.05) is 0 Å². The number of H-pyrrole nitrogens is 1. The second-order valence-corrected chi connectivity index (χ2v) is 9.02. The molecule has 4 aromatic rings. The topological polar surface area (TPSA) is 125 Å². The predicted molar refractivity (Wildman–Crippen MR) is 153 cm³/mol. The molecule has 2 aromatic heterocycles. The lowest BCUT2D eigenvalue weighted by Gasteiger charge is -2.03. The van der Waals surface area contributed by atoms with E-state index in [1.54, 1.807) is 34.0 Å². The molecule has 0 spiro atoms. The van der Waals surface area contributed by atoms with Crippen LogP contribution in [0, 0.1) is 26.2 Å². The molecule has 0 saturated heterocycles. The molecule has 208 valence electrons. The smallest absolute Gasteiger partial charge is 0.384 e. The summed E-state index contributed by atoms with van der Waals surface area (Å²) >= 11 is 0. The first-order valence-corrected chi connectivity index (χ1v) is 12.5. The second kappa shape index (κ2) is 16.0. The predicted octanol–water partition coefficient (Wildman–Crippen LogP) is 5.03. The molecule has 4 rings (SSSR count). The van der Waals surface area contributed by atoms with Crippen LogP contribution in [0.1, 0.15) is 38.8 Å². The molecule has 1 N–H and O–H groups in total. The Morgan fingerprint density at radius 2 is 1.57 bits per heavy atom. The lowest BCUT2D eigenvalue weighted by Crippen LogP contribution is -2.08. The minimum Gasteiger partial charge on any atom is -0.460 e. The van der Waals surface area contributed by atoms with Crippen LogP contribution >= 0.6 is 0 Å². The number of hydrogen-bond donors (Lipinski definition) is 1. The molecule has 2 heterocycles. The first-order chi connectivity index (χ1) is 19.1. The number of rotatable bonds is 6. The van der Waals surface area contributed by atoms with Crippen LogP contribution in [0.5, 0.6) is 0 Å².